The van der Waals surface area contributed by atoms with Crippen LogP contribution in [0.2, 0.25) is 0 Å². The van der Waals surface area contributed by atoms with E-state index in [0.29, 0.717) is 12.6 Å². The minimum Gasteiger partial charge on any atom is -0.299 e. The lowest BCUT2D eigenvalue weighted by atomic mass is 10.2. The minimum absolute atomic E-state index is 0.258. The Labute approximate surface area is 126 Å². The van der Waals surface area contributed by atoms with Crippen molar-refractivity contribution < 1.29 is 4.79 Å². The highest BCUT2D eigenvalue weighted by Gasteiger charge is 2.29. The van der Waals surface area contributed by atoms with E-state index in [1.165, 1.54) is 43.7 Å². The molecule has 104 valence electrons. The smallest absolute Gasteiger partial charge is 0.187 e. The first-order valence-electron chi connectivity index (χ1n) is 6.96. The number of thiophene rings is 1. The van der Waals surface area contributed by atoms with E-state index in [9.17, 15) is 4.79 Å². The maximum absolute atomic E-state index is 12.3. The molecule has 2 aliphatic heterocycles. The van der Waals surface area contributed by atoms with Crippen LogP contribution in [0.15, 0.2) is 15.9 Å². The summed E-state index contributed by atoms with van der Waals surface area (Å²) in [5, 5.41) is 1.97. The summed E-state index contributed by atoms with van der Waals surface area (Å²) in [5.41, 5.74) is 0. The first-order valence-corrected chi connectivity index (χ1v) is 8.64. The van der Waals surface area contributed by atoms with Gasteiger partial charge in [0.2, 0.25) is 0 Å². The number of halogens is 1. The van der Waals surface area contributed by atoms with Gasteiger partial charge >= 0.3 is 0 Å². The van der Waals surface area contributed by atoms with Gasteiger partial charge in [0.05, 0.1) is 11.4 Å². The predicted octanol–water partition coefficient (Wildman–Crippen LogP) is 2.86. The van der Waals surface area contributed by atoms with Crippen molar-refractivity contribution in [1.29, 1.82) is 0 Å². The molecule has 3 heterocycles. The molecule has 0 aromatic carbocycles. The highest BCUT2D eigenvalue weighted by atomic mass is 79.9. The predicted molar refractivity (Wildman–Crippen MR) is 82.0 cm³/mol. The minimum atomic E-state index is 0.258. The number of carbonyl (C=O) groups is 1. The first-order chi connectivity index (χ1) is 9.24. The number of carbonyl (C=O) groups excluding carboxylic acids is 1. The van der Waals surface area contributed by atoms with Crippen LogP contribution in [0.5, 0.6) is 0 Å². The van der Waals surface area contributed by atoms with Crippen molar-refractivity contribution in [2.24, 2.45) is 0 Å². The fourth-order valence-electron chi connectivity index (χ4n) is 3.19. The first kappa shape index (κ1) is 13.7. The van der Waals surface area contributed by atoms with Crippen molar-refractivity contribution in [3.63, 3.8) is 0 Å². The molecule has 1 aromatic heterocycles. The molecule has 0 saturated carbocycles. The monoisotopic (exact) mass is 342 g/mol. The summed E-state index contributed by atoms with van der Waals surface area (Å²) in [5.74, 6) is 0.258. The van der Waals surface area contributed by atoms with E-state index in [0.717, 1.165) is 22.4 Å². The van der Waals surface area contributed by atoms with Crippen LogP contribution in [-0.2, 0) is 0 Å². The second kappa shape index (κ2) is 6.04. The topological polar surface area (TPSA) is 23.6 Å². The number of hydrogen-bond donors (Lipinski definition) is 0. The largest absolute Gasteiger partial charge is 0.299 e. The van der Waals surface area contributed by atoms with E-state index < -0.39 is 0 Å². The summed E-state index contributed by atoms with van der Waals surface area (Å²) < 4.78 is 0.944. The lowest BCUT2D eigenvalue weighted by Crippen LogP contribution is -2.38. The molecule has 19 heavy (non-hydrogen) atoms. The fourth-order valence-corrected chi connectivity index (χ4v) is 4.72. The molecule has 2 saturated heterocycles. The third kappa shape index (κ3) is 3.10. The zero-order chi connectivity index (χ0) is 13.2. The lowest BCUT2D eigenvalue weighted by molar-refractivity contribution is 0.0928. The van der Waals surface area contributed by atoms with E-state index in [-0.39, 0.29) is 5.78 Å². The van der Waals surface area contributed by atoms with Gasteiger partial charge in [0.1, 0.15) is 0 Å². The van der Waals surface area contributed by atoms with E-state index in [2.05, 4.69) is 25.7 Å². The average molecular weight is 343 g/mol. The van der Waals surface area contributed by atoms with Gasteiger partial charge in [-0.1, -0.05) is 0 Å². The molecular formula is C14H19BrN2OS. The Bertz CT molecular complexity index is 462. The third-order valence-electron chi connectivity index (χ3n) is 4.13. The van der Waals surface area contributed by atoms with Crippen molar-refractivity contribution >= 4 is 33.0 Å². The van der Waals surface area contributed by atoms with Crippen LogP contribution >= 0.6 is 27.3 Å². The lowest BCUT2D eigenvalue weighted by Gasteiger charge is -2.24. The zero-order valence-electron chi connectivity index (χ0n) is 11.0. The van der Waals surface area contributed by atoms with Gasteiger partial charge in [0.15, 0.2) is 5.78 Å². The van der Waals surface area contributed by atoms with Crippen molar-refractivity contribution in [3.8, 4) is 0 Å². The van der Waals surface area contributed by atoms with Crippen LogP contribution in [0, 0.1) is 0 Å². The zero-order valence-corrected chi connectivity index (χ0v) is 13.4. The van der Waals surface area contributed by atoms with Gasteiger partial charge in [0.25, 0.3) is 0 Å². The molecule has 3 nitrogen and oxygen atoms in total. The molecule has 0 radical (unpaired) electrons. The summed E-state index contributed by atoms with van der Waals surface area (Å²) >= 11 is 4.99. The van der Waals surface area contributed by atoms with E-state index in [1.807, 2.05) is 11.4 Å². The van der Waals surface area contributed by atoms with Gasteiger partial charge < -0.3 is 0 Å². The number of Topliss-reactive ketones (excluding diaryl/α,β-unsaturated/α-hetero) is 1. The van der Waals surface area contributed by atoms with Gasteiger partial charge in [-0.3, -0.25) is 14.6 Å². The molecule has 1 unspecified atom stereocenters. The van der Waals surface area contributed by atoms with Crippen LogP contribution in [-0.4, -0.2) is 54.3 Å². The van der Waals surface area contributed by atoms with Crippen LogP contribution in [0.1, 0.15) is 28.9 Å². The molecule has 1 aromatic rings. The van der Waals surface area contributed by atoms with Gasteiger partial charge in [-0.15, -0.1) is 11.3 Å². The van der Waals surface area contributed by atoms with Crippen LogP contribution in [0.25, 0.3) is 0 Å². The molecule has 3 rings (SSSR count). The van der Waals surface area contributed by atoms with Crippen molar-refractivity contribution in [2.45, 2.75) is 25.3 Å². The highest BCUT2D eigenvalue weighted by Crippen LogP contribution is 2.25. The van der Waals surface area contributed by atoms with Crippen molar-refractivity contribution in [1.82, 2.24) is 9.80 Å². The molecule has 2 aliphatic rings. The number of fused-ring (bicyclic) bond motifs is 1. The van der Waals surface area contributed by atoms with Crippen LogP contribution in [0.4, 0.5) is 0 Å². The molecular weight excluding hydrogens is 324 g/mol. The maximum Gasteiger partial charge on any atom is 0.187 e. The number of hydrogen-bond acceptors (Lipinski definition) is 4. The highest BCUT2D eigenvalue weighted by molar-refractivity contribution is 9.10. The van der Waals surface area contributed by atoms with E-state index in [1.54, 1.807) is 0 Å². The molecule has 5 heteroatoms. The number of rotatable bonds is 3. The summed E-state index contributed by atoms with van der Waals surface area (Å²) in [6, 6.07) is 2.64. The van der Waals surface area contributed by atoms with Gasteiger partial charge in [0, 0.05) is 17.1 Å². The van der Waals surface area contributed by atoms with Crippen LogP contribution in [0.3, 0.4) is 0 Å². The van der Waals surface area contributed by atoms with Gasteiger partial charge in [-0.25, -0.2) is 0 Å². The summed E-state index contributed by atoms with van der Waals surface area (Å²) in [4.78, 5) is 18.1. The normalized spacial score (nSPS) is 25.2. The second-order valence-corrected chi connectivity index (χ2v) is 7.21. The summed E-state index contributed by atoms with van der Waals surface area (Å²) in [6.07, 6.45) is 3.81. The Balaban J connectivity index is 1.63. The molecule has 0 amide bonds. The molecule has 2 fully saturated rings. The fraction of sp³-hybridized carbons (Fsp3) is 0.643. The Morgan fingerprint density at radius 3 is 3.00 bits per heavy atom. The van der Waals surface area contributed by atoms with E-state index >= 15 is 0 Å². The number of nitrogens with zero attached hydrogens (tertiary/aromatic N) is 2. The summed E-state index contributed by atoms with van der Waals surface area (Å²) in [7, 11) is 0. The molecule has 0 spiro atoms. The third-order valence-corrected chi connectivity index (χ3v) is 6.00. The maximum atomic E-state index is 12.3. The molecule has 0 bridgehead atoms. The Morgan fingerprint density at radius 2 is 2.21 bits per heavy atom. The average Bonchev–Trinajstić information content (AvgIpc) is 2.95. The molecule has 1 atom stereocenters. The Kier molecular flexibility index (Phi) is 4.37. The standard InChI is InChI=1S/C14H19BrN2OS/c15-12-4-8-19-14(12)13(18)10-16-5-2-7-17-6-1-3-11(17)9-16/h4,8,11H,1-3,5-7,9-10H2. The Hall–Kier alpha value is -0.230. The van der Waals surface area contributed by atoms with E-state index in [4.69, 9.17) is 0 Å². The van der Waals surface area contributed by atoms with Crippen LogP contribution < -0.4 is 0 Å². The molecule has 0 N–H and O–H groups in total. The number of ketones is 1. The molecule has 0 aliphatic carbocycles. The quantitative estimate of drug-likeness (QED) is 0.789. The Morgan fingerprint density at radius 1 is 1.37 bits per heavy atom. The van der Waals surface area contributed by atoms with Crippen molar-refractivity contribution in [2.75, 3.05) is 32.7 Å². The SMILES string of the molecule is O=C(CN1CCCN2CCCC2C1)c1sccc1Br. The van der Waals surface area contributed by atoms with Gasteiger partial charge in [-0.2, -0.15) is 0 Å². The second-order valence-electron chi connectivity index (χ2n) is 5.44. The van der Waals surface area contributed by atoms with Gasteiger partial charge in [-0.05, 0) is 66.3 Å². The van der Waals surface area contributed by atoms with Crippen molar-refractivity contribution in [3.05, 3.63) is 20.8 Å². The summed E-state index contributed by atoms with van der Waals surface area (Å²) in [6.45, 7) is 5.15.